The molecule has 0 atom stereocenters. The number of hydrogen-bond acceptors (Lipinski definition) is 4. The third-order valence-corrected chi connectivity index (χ3v) is 3.91. The minimum Gasteiger partial charge on any atom is -0.493 e. The summed E-state index contributed by atoms with van der Waals surface area (Å²) in [6.07, 6.45) is 1.01. The van der Waals surface area contributed by atoms with E-state index in [0.717, 1.165) is 21.0 Å². The van der Waals surface area contributed by atoms with E-state index in [2.05, 4.69) is 22.6 Å². The van der Waals surface area contributed by atoms with E-state index >= 15 is 0 Å². The van der Waals surface area contributed by atoms with Crippen LogP contribution >= 0.6 is 22.6 Å². The maximum absolute atomic E-state index is 11.1. The van der Waals surface area contributed by atoms with Gasteiger partial charge in [0.2, 0.25) is 0 Å². The molecule has 0 aromatic heterocycles. The van der Waals surface area contributed by atoms with Crippen molar-refractivity contribution >= 4 is 32.7 Å². The van der Waals surface area contributed by atoms with Gasteiger partial charge in [-0.25, -0.2) is 0 Å². The molecule has 0 radical (unpaired) electrons. The van der Waals surface area contributed by atoms with Crippen LogP contribution in [0.2, 0.25) is 0 Å². The highest BCUT2D eigenvalue weighted by Gasteiger charge is 2.17. The minimum absolute atomic E-state index is 0.258. The highest BCUT2D eigenvalue weighted by Crippen LogP contribution is 2.37. The molecule has 1 aromatic carbocycles. The predicted octanol–water partition coefficient (Wildman–Crippen LogP) is 2.26. The zero-order chi connectivity index (χ0) is 12.5. The molecular weight excluding hydrogens is 343 g/mol. The molecule has 0 fully saturated rings. The second kappa shape index (κ2) is 4.79. The Kier molecular flexibility index (Phi) is 4.06. The number of hydrogen-bond donors (Lipinski definition) is 0. The van der Waals surface area contributed by atoms with Gasteiger partial charge in [0.25, 0.3) is 0 Å². The Hall–Kier alpha value is -0.500. The van der Waals surface area contributed by atoms with Crippen LogP contribution in [-0.2, 0) is 10.1 Å². The molecule has 0 aliphatic heterocycles. The second-order valence-electron chi connectivity index (χ2n) is 3.45. The van der Waals surface area contributed by atoms with E-state index in [1.165, 1.54) is 7.11 Å². The molecule has 0 bridgehead atoms. The first kappa shape index (κ1) is 13.6. The van der Waals surface area contributed by atoms with Crippen molar-refractivity contribution in [3.63, 3.8) is 0 Å². The van der Waals surface area contributed by atoms with Gasteiger partial charge < -0.3 is 8.92 Å². The number of ether oxygens (including phenoxy) is 1. The smallest absolute Gasteiger partial charge is 0.306 e. The Balaban J connectivity index is 3.42. The lowest BCUT2D eigenvalue weighted by molar-refractivity contribution is 0.390. The van der Waals surface area contributed by atoms with Gasteiger partial charge in [-0.05, 0) is 53.6 Å². The molecule has 0 aliphatic rings. The van der Waals surface area contributed by atoms with Crippen molar-refractivity contribution < 1.29 is 17.3 Å². The Labute approximate surface area is 109 Å². The molecule has 90 valence electrons. The molecule has 6 heteroatoms. The first-order valence-electron chi connectivity index (χ1n) is 4.49. The van der Waals surface area contributed by atoms with E-state index in [4.69, 9.17) is 8.92 Å². The summed E-state index contributed by atoms with van der Waals surface area (Å²) in [5.74, 6) is 0.687. The van der Waals surface area contributed by atoms with Gasteiger partial charge in [0.15, 0.2) is 11.5 Å². The fourth-order valence-corrected chi connectivity index (χ4v) is 2.62. The molecule has 0 N–H and O–H groups in total. The average Bonchev–Trinajstić information content (AvgIpc) is 2.17. The lowest BCUT2D eigenvalue weighted by Crippen LogP contribution is -2.09. The summed E-state index contributed by atoms with van der Waals surface area (Å²) in [5, 5.41) is 0. The monoisotopic (exact) mass is 356 g/mol. The summed E-state index contributed by atoms with van der Waals surface area (Å²) in [6.45, 7) is 3.84. The third-order valence-electron chi connectivity index (χ3n) is 2.15. The lowest BCUT2D eigenvalue weighted by Gasteiger charge is -2.14. The van der Waals surface area contributed by atoms with Crippen molar-refractivity contribution in [3.8, 4) is 11.5 Å². The minimum atomic E-state index is -3.55. The normalized spacial score (nSPS) is 11.3. The molecule has 0 spiro atoms. The molecule has 4 nitrogen and oxygen atoms in total. The summed E-state index contributed by atoms with van der Waals surface area (Å²) in [4.78, 5) is 0. The van der Waals surface area contributed by atoms with Gasteiger partial charge in [-0.2, -0.15) is 8.42 Å². The summed E-state index contributed by atoms with van der Waals surface area (Å²) >= 11 is 2.05. The Morgan fingerprint density at radius 2 is 1.88 bits per heavy atom. The fourth-order valence-electron chi connectivity index (χ4n) is 1.20. The largest absolute Gasteiger partial charge is 0.493 e. The van der Waals surface area contributed by atoms with Crippen LogP contribution in [0.1, 0.15) is 11.1 Å². The third kappa shape index (κ3) is 3.00. The number of benzene rings is 1. The van der Waals surface area contributed by atoms with Crippen molar-refractivity contribution in [2.24, 2.45) is 0 Å². The molecule has 1 aromatic rings. The van der Waals surface area contributed by atoms with E-state index in [1.807, 2.05) is 13.8 Å². The highest BCUT2D eigenvalue weighted by atomic mass is 127. The van der Waals surface area contributed by atoms with E-state index in [9.17, 15) is 8.42 Å². The van der Waals surface area contributed by atoms with Crippen LogP contribution in [0, 0.1) is 17.4 Å². The maximum atomic E-state index is 11.1. The topological polar surface area (TPSA) is 52.6 Å². The number of halogens is 1. The average molecular weight is 356 g/mol. The second-order valence-corrected chi connectivity index (χ2v) is 6.10. The molecule has 0 saturated heterocycles. The predicted molar refractivity (Wildman–Crippen MR) is 70.7 cm³/mol. The standard InChI is InChI=1S/C10H13IO4S/c1-6-5-8(14-3)10(9(11)7(6)2)15-16(4,12)13/h5H,1-4H3. The van der Waals surface area contributed by atoms with Crippen LogP contribution < -0.4 is 8.92 Å². The van der Waals surface area contributed by atoms with E-state index < -0.39 is 10.1 Å². The highest BCUT2D eigenvalue weighted by molar-refractivity contribution is 14.1. The van der Waals surface area contributed by atoms with Crippen molar-refractivity contribution in [2.75, 3.05) is 13.4 Å². The molecule has 0 heterocycles. The Bertz CT molecular complexity index is 508. The van der Waals surface area contributed by atoms with Gasteiger partial charge in [-0.15, -0.1) is 0 Å². The van der Waals surface area contributed by atoms with Crippen LogP contribution in [0.4, 0.5) is 0 Å². The van der Waals surface area contributed by atoms with Gasteiger partial charge in [0.05, 0.1) is 16.9 Å². The summed E-state index contributed by atoms with van der Waals surface area (Å²) in [7, 11) is -2.07. The van der Waals surface area contributed by atoms with Crippen LogP contribution in [-0.4, -0.2) is 21.8 Å². The Morgan fingerprint density at radius 3 is 2.31 bits per heavy atom. The summed E-state index contributed by atoms with van der Waals surface area (Å²) < 4.78 is 33.1. The van der Waals surface area contributed by atoms with Crippen LogP contribution in [0.3, 0.4) is 0 Å². The zero-order valence-corrected chi connectivity index (χ0v) is 12.5. The summed E-state index contributed by atoms with van der Waals surface area (Å²) in [6, 6.07) is 1.76. The quantitative estimate of drug-likeness (QED) is 0.616. The van der Waals surface area contributed by atoms with Crippen molar-refractivity contribution in [1.82, 2.24) is 0 Å². The molecule has 0 unspecified atom stereocenters. The SMILES string of the molecule is COc1cc(C)c(C)c(I)c1OS(C)(=O)=O. The number of aryl methyl sites for hydroxylation is 1. The zero-order valence-electron chi connectivity index (χ0n) is 9.50. The van der Waals surface area contributed by atoms with Gasteiger partial charge >= 0.3 is 10.1 Å². The van der Waals surface area contributed by atoms with Gasteiger partial charge in [-0.3, -0.25) is 0 Å². The van der Waals surface area contributed by atoms with Crippen molar-refractivity contribution in [2.45, 2.75) is 13.8 Å². The fraction of sp³-hybridized carbons (Fsp3) is 0.400. The van der Waals surface area contributed by atoms with Gasteiger partial charge in [-0.1, -0.05) is 0 Å². The number of methoxy groups -OCH3 is 1. The first-order valence-corrected chi connectivity index (χ1v) is 7.39. The van der Waals surface area contributed by atoms with Gasteiger partial charge in [0.1, 0.15) is 0 Å². The Morgan fingerprint density at radius 1 is 1.31 bits per heavy atom. The first-order chi connectivity index (χ1) is 7.26. The van der Waals surface area contributed by atoms with Crippen LogP contribution in [0.25, 0.3) is 0 Å². The number of rotatable bonds is 3. The van der Waals surface area contributed by atoms with Crippen molar-refractivity contribution in [1.29, 1.82) is 0 Å². The molecule has 16 heavy (non-hydrogen) atoms. The molecular formula is C10H13IO4S. The van der Waals surface area contributed by atoms with Crippen LogP contribution in [0.5, 0.6) is 11.5 Å². The van der Waals surface area contributed by atoms with E-state index in [0.29, 0.717) is 5.75 Å². The van der Waals surface area contributed by atoms with Crippen molar-refractivity contribution in [3.05, 3.63) is 20.8 Å². The molecule has 1 rings (SSSR count). The molecule has 0 saturated carbocycles. The summed E-state index contributed by atoms with van der Waals surface area (Å²) in [5.41, 5.74) is 2.02. The van der Waals surface area contributed by atoms with E-state index in [-0.39, 0.29) is 5.75 Å². The molecule has 0 amide bonds. The molecule has 0 aliphatic carbocycles. The van der Waals surface area contributed by atoms with E-state index in [1.54, 1.807) is 6.07 Å². The maximum Gasteiger partial charge on any atom is 0.306 e. The van der Waals surface area contributed by atoms with Crippen LogP contribution in [0.15, 0.2) is 6.07 Å². The lowest BCUT2D eigenvalue weighted by atomic mass is 10.1. The van der Waals surface area contributed by atoms with Gasteiger partial charge in [0, 0.05) is 0 Å².